The quantitative estimate of drug-likeness (QED) is 0.489. The predicted octanol–water partition coefficient (Wildman–Crippen LogP) is 5.04. The number of rotatable bonds is 9. The molecule has 8 heteroatoms. The largest absolute Gasteiger partial charge is 0.497 e. The van der Waals surface area contributed by atoms with Gasteiger partial charge in [0.2, 0.25) is 5.91 Å². The fourth-order valence-corrected chi connectivity index (χ4v) is 3.62. The normalized spacial score (nSPS) is 12.2. The number of carbonyl (C=O) groups is 1. The molecule has 1 aromatic heterocycles. The number of nitrogens with zero attached hydrogens (tertiary/aromatic N) is 2. The summed E-state index contributed by atoms with van der Waals surface area (Å²) in [5, 5.41) is 2.72. The first kappa shape index (κ1) is 24.1. The maximum Gasteiger partial charge on any atom is 0.416 e. The van der Waals surface area contributed by atoms with Gasteiger partial charge in [0.15, 0.2) is 0 Å². The van der Waals surface area contributed by atoms with E-state index in [1.165, 1.54) is 12.1 Å². The molecule has 0 spiro atoms. The molecule has 0 aliphatic heterocycles. The second kappa shape index (κ2) is 10.8. The lowest BCUT2D eigenvalue weighted by atomic mass is 10.0. The SMILES string of the molecule is CNC(=O)C(c1ccccc1)N(CCCc1ccc(C(F)(F)F)cc1)c1cc(OC)ccn1. The highest BCUT2D eigenvalue weighted by molar-refractivity contribution is 5.86. The van der Waals surface area contributed by atoms with E-state index in [2.05, 4.69) is 10.3 Å². The molecular weight excluding hydrogens is 431 g/mol. The summed E-state index contributed by atoms with van der Waals surface area (Å²) >= 11 is 0. The van der Waals surface area contributed by atoms with E-state index in [0.717, 1.165) is 23.3 Å². The summed E-state index contributed by atoms with van der Waals surface area (Å²) in [6.45, 7) is 0.453. The number of carbonyl (C=O) groups excluding carboxylic acids is 1. The number of hydrogen-bond acceptors (Lipinski definition) is 4. The average molecular weight is 457 g/mol. The molecule has 0 bridgehead atoms. The monoisotopic (exact) mass is 457 g/mol. The van der Waals surface area contributed by atoms with Crippen LogP contribution >= 0.6 is 0 Å². The third kappa shape index (κ3) is 6.25. The Balaban J connectivity index is 1.86. The van der Waals surface area contributed by atoms with Gasteiger partial charge in [-0.1, -0.05) is 42.5 Å². The highest BCUT2D eigenvalue weighted by Crippen LogP contribution is 2.30. The molecular formula is C25H26F3N3O2. The Bertz CT molecular complexity index is 1040. The number of alkyl halides is 3. The van der Waals surface area contributed by atoms with E-state index in [-0.39, 0.29) is 5.91 Å². The van der Waals surface area contributed by atoms with Gasteiger partial charge in [-0.2, -0.15) is 13.2 Å². The second-order valence-corrected chi connectivity index (χ2v) is 7.47. The molecule has 1 amide bonds. The molecule has 0 aliphatic carbocycles. The minimum absolute atomic E-state index is 0.194. The van der Waals surface area contributed by atoms with Crippen LogP contribution in [0.25, 0.3) is 0 Å². The Morgan fingerprint density at radius 3 is 2.39 bits per heavy atom. The van der Waals surface area contributed by atoms with Crippen LogP contribution in [0.15, 0.2) is 72.9 Å². The number of nitrogens with one attached hydrogen (secondary N) is 1. The molecule has 0 saturated heterocycles. The van der Waals surface area contributed by atoms with Crippen molar-refractivity contribution in [1.82, 2.24) is 10.3 Å². The van der Waals surface area contributed by atoms with E-state index in [1.807, 2.05) is 35.2 Å². The van der Waals surface area contributed by atoms with E-state index >= 15 is 0 Å². The van der Waals surface area contributed by atoms with Crippen LogP contribution in [0.1, 0.15) is 29.2 Å². The number of halogens is 3. The summed E-state index contributed by atoms with van der Waals surface area (Å²) in [5.41, 5.74) is 0.922. The zero-order chi connectivity index (χ0) is 23.8. The summed E-state index contributed by atoms with van der Waals surface area (Å²) in [5.74, 6) is 0.982. The van der Waals surface area contributed by atoms with Crippen molar-refractivity contribution in [3.8, 4) is 5.75 Å². The topological polar surface area (TPSA) is 54.5 Å². The number of anilines is 1. The van der Waals surface area contributed by atoms with Gasteiger partial charge in [-0.25, -0.2) is 4.98 Å². The number of methoxy groups -OCH3 is 1. The van der Waals surface area contributed by atoms with Crippen molar-refractivity contribution in [2.75, 3.05) is 25.6 Å². The molecule has 3 aromatic rings. The first-order chi connectivity index (χ1) is 15.8. The van der Waals surface area contributed by atoms with Crippen LogP contribution in [-0.2, 0) is 17.4 Å². The maximum atomic E-state index is 12.9. The van der Waals surface area contributed by atoms with Crippen LogP contribution in [0, 0.1) is 0 Å². The summed E-state index contributed by atoms with van der Waals surface area (Å²) in [7, 11) is 3.14. The molecule has 0 saturated carbocycles. The Morgan fingerprint density at radius 1 is 1.09 bits per heavy atom. The van der Waals surface area contributed by atoms with Crippen molar-refractivity contribution in [3.05, 3.63) is 89.6 Å². The van der Waals surface area contributed by atoms with Crippen molar-refractivity contribution >= 4 is 11.7 Å². The molecule has 33 heavy (non-hydrogen) atoms. The number of likely N-dealkylation sites (N-methyl/N-ethyl adjacent to an activating group) is 1. The lowest BCUT2D eigenvalue weighted by Gasteiger charge is -2.32. The lowest BCUT2D eigenvalue weighted by molar-refractivity contribution is -0.137. The Morgan fingerprint density at radius 2 is 1.79 bits per heavy atom. The van der Waals surface area contributed by atoms with Gasteiger partial charge in [0, 0.05) is 25.9 Å². The number of aryl methyl sites for hydroxylation is 1. The zero-order valence-corrected chi connectivity index (χ0v) is 18.5. The highest BCUT2D eigenvalue weighted by atomic mass is 19.4. The Hall–Kier alpha value is -3.55. The van der Waals surface area contributed by atoms with Crippen molar-refractivity contribution in [2.24, 2.45) is 0 Å². The Kier molecular flexibility index (Phi) is 7.92. The molecule has 1 atom stereocenters. The molecule has 0 radical (unpaired) electrons. The van der Waals surface area contributed by atoms with Crippen molar-refractivity contribution < 1.29 is 22.7 Å². The van der Waals surface area contributed by atoms with Crippen LogP contribution in [0.3, 0.4) is 0 Å². The van der Waals surface area contributed by atoms with Gasteiger partial charge >= 0.3 is 6.18 Å². The molecule has 0 aliphatic rings. The van der Waals surface area contributed by atoms with Crippen LogP contribution in [0.5, 0.6) is 5.75 Å². The number of benzene rings is 2. The first-order valence-corrected chi connectivity index (χ1v) is 10.5. The summed E-state index contributed by atoms with van der Waals surface area (Å²) in [6, 6.07) is 17.4. The van der Waals surface area contributed by atoms with Gasteiger partial charge in [-0.3, -0.25) is 4.79 Å². The fraction of sp³-hybridized carbons (Fsp3) is 0.280. The lowest BCUT2D eigenvalue weighted by Crippen LogP contribution is -2.40. The molecule has 1 heterocycles. The van der Waals surface area contributed by atoms with Crippen LogP contribution in [-0.4, -0.2) is 31.6 Å². The summed E-state index contributed by atoms with van der Waals surface area (Å²) in [4.78, 5) is 19.3. The molecule has 3 rings (SSSR count). The fourth-order valence-electron chi connectivity index (χ4n) is 3.62. The Labute approximate surface area is 191 Å². The van der Waals surface area contributed by atoms with E-state index in [1.54, 1.807) is 32.5 Å². The minimum Gasteiger partial charge on any atom is -0.497 e. The predicted molar refractivity (Wildman–Crippen MR) is 121 cm³/mol. The van der Waals surface area contributed by atoms with Crippen molar-refractivity contribution in [2.45, 2.75) is 25.1 Å². The van der Waals surface area contributed by atoms with Gasteiger partial charge in [-0.05, 0) is 42.2 Å². The number of ether oxygens (including phenoxy) is 1. The highest BCUT2D eigenvalue weighted by Gasteiger charge is 2.30. The molecule has 2 aromatic carbocycles. The average Bonchev–Trinajstić information content (AvgIpc) is 2.83. The van der Waals surface area contributed by atoms with E-state index in [4.69, 9.17) is 4.74 Å². The molecule has 1 N–H and O–H groups in total. The number of aromatic nitrogens is 1. The first-order valence-electron chi connectivity index (χ1n) is 10.5. The molecule has 174 valence electrons. The van der Waals surface area contributed by atoms with Gasteiger partial charge in [0.25, 0.3) is 0 Å². The molecule has 1 unspecified atom stereocenters. The minimum atomic E-state index is -4.36. The van der Waals surface area contributed by atoms with Crippen molar-refractivity contribution in [1.29, 1.82) is 0 Å². The zero-order valence-electron chi connectivity index (χ0n) is 18.5. The number of amides is 1. The van der Waals surface area contributed by atoms with Gasteiger partial charge in [0.1, 0.15) is 17.6 Å². The molecule has 0 fully saturated rings. The summed E-state index contributed by atoms with van der Waals surface area (Å²) in [6.07, 6.45) is -1.59. The van der Waals surface area contributed by atoms with Gasteiger partial charge < -0.3 is 15.0 Å². The third-order valence-corrected chi connectivity index (χ3v) is 5.31. The smallest absolute Gasteiger partial charge is 0.416 e. The van der Waals surface area contributed by atoms with E-state index in [0.29, 0.717) is 31.0 Å². The van der Waals surface area contributed by atoms with Gasteiger partial charge in [0.05, 0.1) is 12.7 Å². The van der Waals surface area contributed by atoms with Crippen LogP contribution < -0.4 is 15.0 Å². The number of pyridine rings is 1. The maximum absolute atomic E-state index is 12.9. The number of hydrogen-bond donors (Lipinski definition) is 1. The summed E-state index contributed by atoms with van der Waals surface area (Å²) < 4.78 is 43.8. The van der Waals surface area contributed by atoms with Crippen LogP contribution in [0.4, 0.5) is 19.0 Å². The van der Waals surface area contributed by atoms with Gasteiger partial charge in [-0.15, -0.1) is 0 Å². The standard InChI is InChI=1S/C25H26F3N3O2/c1-29-24(32)23(19-8-4-3-5-9-19)31(22-17-21(33-2)14-15-30-22)16-6-7-18-10-12-20(13-11-18)25(26,27)28/h3-5,8-15,17,23H,6-7,16H2,1-2H3,(H,29,32). The second-order valence-electron chi connectivity index (χ2n) is 7.47. The van der Waals surface area contributed by atoms with E-state index < -0.39 is 17.8 Å². The van der Waals surface area contributed by atoms with Crippen LogP contribution in [0.2, 0.25) is 0 Å². The van der Waals surface area contributed by atoms with Crippen molar-refractivity contribution in [3.63, 3.8) is 0 Å². The molecule has 5 nitrogen and oxygen atoms in total. The third-order valence-electron chi connectivity index (χ3n) is 5.31. The van der Waals surface area contributed by atoms with E-state index in [9.17, 15) is 18.0 Å².